The summed E-state index contributed by atoms with van der Waals surface area (Å²) in [5.41, 5.74) is 1.62. The van der Waals surface area contributed by atoms with Crippen LogP contribution < -0.4 is 4.31 Å². The van der Waals surface area contributed by atoms with Crippen LogP contribution in [-0.2, 0) is 21.4 Å². The largest absolute Gasteiger partial charge is 0.480 e. The number of fused-ring (bicyclic) bond motifs is 1. The zero-order chi connectivity index (χ0) is 14.0. The van der Waals surface area contributed by atoms with E-state index >= 15 is 0 Å². The molecule has 0 spiro atoms. The van der Waals surface area contributed by atoms with Crippen LogP contribution in [0.2, 0.25) is 0 Å². The summed E-state index contributed by atoms with van der Waals surface area (Å²) >= 11 is 0. The summed E-state index contributed by atoms with van der Waals surface area (Å²) < 4.78 is 26.9. The minimum Gasteiger partial charge on any atom is -0.480 e. The van der Waals surface area contributed by atoms with Gasteiger partial charge in [0.05, 0.1) is 5.69 Å². The van der Waals surface area contributed by atoms with Crippen molar-refractivity contribution in [3.8, 4) is 0 Å². The second-order valence-electron chi connectivity index (χ2n) is 4.46. The van der Waals surface area contributed by atoms with Crippen LogP contribution in [0.4, 0.5) is 5.69 Å². The molecule has 1 N–H and O–H groups in total. The van der Waals surface area contributed by atoms with E-state index in [2.05, 4.69) is 0 Å². The lowest BCUT2D eigenvalue weighted by molar-refractivity contribution is -0.137. The molecule has 0 aromatic heterocycles. The number of hydrogen-bond acceptors (Lipinski definition) is 3. The molecular weight excluding hydrogens is 268 g/mol. The standard InChI is InChI=1S/C12H16N2O4S/c1-13(9-12(15)16)19(17,18)14-8-4-6-10-5-2-3-7-11(10)14/h2-3,5,7H,4,6,8-9H2,1H3,(H,15,16). The van der Waals surface area contributed by atoms with Crippen LogP contribution in [0.3, 0.4) is 0 Å². The topological polar surface area (TPSA) is 77.9 Å². The van der Waals surface area contributed by atoms with Crippen LogP contribution in [-0.4, -0.2) is 43.9 Å². The molecule has 2 rings (SSSR count). The second-order valence-corrected chi connectivity index (χ2v) is 6.42. The highest BCUT2D eigenvalue weighted by Crippen LogP contribution is 2.29. The molecule has 1 aromatic rings. The number of carbonyl (C=O) groups is 1. The van der Waals surface area contributed by atoms with Crippen LogP contribution in [0.1, 0.15) is 12.0 Å². The zero-order valence-electron chi connectivity index (χ0n) is 10.6. The predicted molar refractivity (Wildman–Crippen MR) is 71.3 cm³/mol. The van der Waals surface area contributed by atoms with Crippen molar-refractivity contribution in [2.45, 2.75) is 12.8 Å². The average molecular weight is 284 g/mol. The molecule has 0 radical (unpaired) electrons. The maximum atomic E-state index is 12.4. The van der Waals surface area contributed by atoms with Gasteiger partial charge in [0.2, 0.25) is 0 Å². The van der Waals surface area contributed by atoms with Gasteiger partial charge in [0.1, 0.15) is 6.54 Å². The van der Waals surface area contributed by atoms with Crippen molar-refractivity contribution in [2.75, 3.05) is 24.4 Å². The SMILES string of the molecule is CN(CC(=O)O)S(=O)(=O)N1CCCc2ccccc21. The number of benzene rings is 1. The summed E-state index contributed by atoms with van der Waals surface area (Å²) in [7, 11) is -2.51. The van der Waals surface area contributed by atoms with Crippen molar-refractivity contribution in [2.24, 2.45) is 0 Å². The van der Waals surface area contributed by atoms with Crippen molar-refractivity contribution >= 4 is 21.9 Å². The fraction of sp³-hybridized carbons (Fsp3) is 0.417. The number of aliphatic carboxylic acids is 1. The molecule has 1 aliphatic heterocycles. The number of carboxylic acid groups (broad SMARTS) is 1. The smallest absolute Gasteiger partial charge is 0.318 e. The summed E-state index contributed by atoms with van der Waals surface area (Å²) in [6, 6.07) is 7.30. The van der Waals surface area contributed by atoms with Gasteiger partial charge in [-0.3, -0.25) is 9.10 Å². The number of hydrogen-bond donors (Lipinski definition) is 1. The monoisotopic (exact) mass is 284 g/mol. The minimum atomic E-state index is -3.78. The number of nitrogens with zero attached hydrogens (tertiary/aromatic N) is 2. The molecule has 104 valence electrons. The third-order valence-electron chi connectivity index (χ3n) is 3.10. The Kier molecular flexibility index (Phi) is 3.77. The fourth-order valence-corrected chi connectivity index (χ4v) is 3.58. The molecule has 7 heteroatoms. The zero-order valence-corrected chi connectivity index (χ0v) is 11.4. The van der Waals surface area contributed by atoms with E-state index < -0.39 is 22.7 Å². The normalized spacial score (nSPS) is 15.4. The van der Waals surface area contributed by atoms with E-state index in [1.807, 2.05) is 12.1 Å². The van der Waals surface area contributed by atoms with Gasteiger partial charge >= 0.3 is 16.2 Å². The van der Waals surface area contributed by atoms with E-state index in [0.29, 0.717) is 12.2 Å². The van der Waals surface area contributed by atoms with Gasteiger partial charge in [-0.15, -0.1) is 0 Å². The molecule has 1 aromatic carbocycles. The predicted octanol–water partition coefficient (Wildman–Crippen LogP) is 0.700. The highest BCUT2D eigenvalue weighted by molar-refractivity contribution is 7.90. The molecule has 0 fully saturated rings. The fourth-order valence-electron chi connectivity index (χ4n) is 2.18. The number of anilines is 1. The van der Waals surface area contributed by atoms with E-state index in [9.17, 15) is 13.2 Å². The summed E-state index contributed by atoms with van der Waals surface area (Å²) in [5.74, 6) is -1.17. The van der Waals surface area contributed by atoms with Crippen molar-refractivity contribution in [3.63, 3.8) is 0 Å². The first kappa shape index (κ1) is 13.8. The lowest BCUT2D eigenvalue weighted by Crippen LogP contribution is -2.46. The molecule has 19 heavy (non-hydrogen) atoms. The molecule has 0 saturated heterocycles. The van der Waals surface area contributed by atoms with Gasteiger partial charge in [0.25, 0.3) is 0 Å². The first-order valence-electron chi connectivity index (χ1n) is 5.96. The molecular formula is C12H16N2O4S. The van der Waals surface area contributed by atoms with Crippen LogP contribution >= 0.6 is 0 Å². The van der Waals surface area contributed by atoms with Crippen molar-refractivity contribution in [1.82, 2.24) is 4.31 Å². The van der Waals surface area contributed by atoms with Gasteiger partial charge in [-0.25, -0.2) is 0 Å². The van der Waals surface area contributed by atoms with E-state index in [1.54, 1.807) is 12.1 Å². The molecule has 1 heterocycles. The Balaban J connectivity index is 2.35. The van der Waals surface area contributed by atoms with Gasteiger partial charge in [0.15, 0.2) is 0 Å². The molecule has 0 aliphatic carbocycles. The number of para-hydroxylation sites is 1. The number of carboxylic acids is 1. The van der Waals surface area contributed by atoms with Crippen LogP contribution in [0, 0.1) is 0 Å². The summed E-state index contributed by atoms with van der Waals surface area (Å²) in [6.07, 6.45) is 1.57. The Hall–Kier alpha value is -1.60. The van der Waals surface area contributed by atoms with Gasteiger partial charge in [0, 0.05) is 13.6 Å². The van der Waals surface area contributed by atoms with E-state index in [4.69, 9.17) is 5.11 Å². The van der Waals surface area contributed by atoms with Crippen LogP contribution in [0.5, 0.6) is 0 Å². The third kappa shape index (κ3) is 2.71. The van der Waals surface area contributed by atoms with Gasteiger partial charge in [-0.05, 0) is 24.5 Å². The maximum Gasteiger partial charge on any atom is 0.318 e. The first-order chi connectivity index (χ1) is 8.93. The quantitative estimate of drug-likeness (QED) is 0.883. The number of likely N-dealkylation sites (N-methyl/N-ethyl adjacent to an activating group) is 1. The Morgan fingerprint density at radius 3 is 2.79 bits per heavy atom. The minimum absolute atomic E-state index is 0.378. The van der Waals surface area contributed by atoms with E-state index in [0.717, 1.165) is 22.7 Å². The third-order valence-corrected chi connectivity index (χ3v) is 4.95. The number of aryl methyl sites for hydroxylation is 1. The second kappa shape index (κ2) is 5.18. The Morgan fingerprint density at radius 2 is 2.11 bits per heavy atom. The van der Waals surface area contributed by atoms with Crippen molar-refractivity contribution in [1.29, 1.82) is 0 Å². The Bertz CT molecular complexity index is 585. The highest BCUT2D eigenvalue weighted by Gasteiger charge is 2.31. The summed E-state index contributed by atoms with van der Waals surface area (Å²) in [5, 5.41) is 8.72. The molecule has 6 nitrogen and oxygen atoms in total. The highest BCUT2D eigenvalue weighted by atomic mass is 32.2. The molecule has 0 atom stereocenters. The molecule has 0 amide bonds. The first-order valence-corrected chi connectivity index (χ1v) is 7.36. The van der Waals surface area contributed by atoms with Gasteiger partial charge in [-0.1, -0.05) is 18.2 Å². The van der Waals surface area contributed by atoms with Crippen LogP contribution in [0.25, 0.3) is 0 Å². The average Bonchev–Trinajstić information content (AvgIpc) is 2.37. The molecule has 0 bridgehead atoms. The maximum absolute atomic E-state index is 12.4. The summed E-state index contributed by atoms with van der Waals surface area (Å²) in [4.78, 5) is 10.7. The van der Waals surface area contributed by atoms with E-state index in [1.165, 1.54) is 11.4 Å². The Labute approximate surface area is 112 Å². The van der Waals surface area contributed by atoms with Gasteiger partial charge < -0.3 is 5.11 Å². The molecule has 0 saturated carbocycles. The molecule has 0 unspecified atom stereocenters. The summed E-state index contributed by atoms with van der Waals surface area (Å²) in [6.45, 7) is -0.162. The lowest BCUT2D eigenvalue weighted by atomic mass is 10.0. The number of rotatable bonds is 4. The van der Waals surface area contributed by atoms with Crippen molar-refractivity contribution < 1.29 is 18.3 Å². The van der Waals surface area contributed by atoms with Crippen molar-refractivity contribution in [3.05, 3.63) is 29.8 Å². The molecule has 1 aliphatic rings. The lowest BCUT2D eigenvalue weighted by Gasteiger charge is -2.33. The van der Waals surface area contributed by atoms with Crippen LogP contribution in [0.15, 0.2) is 24.3 Å². The van der Waals surface area contributed by atoms with E-state index in [-0.39, 0.29) is 0 Å². The van der Waals surface area contributed by atoms with Gasteiger partial charge in [-0.2, -0.15) is 12.7 Å². The Morgan fingerprint density at radius 1 is 1.42 bits per heavy atom.